The Kier molecular flexibility index (Phi) is 5.35. The minimum absolute atomic E-state index is 0.00608. The molecule has 0 bridgehead atoms. The topological polar surface area (TPSA) is 79.6 Å². The third kappa shape index (κ3) is 4.00. The van der Waals surface area contributed by atoms with Crippen LogP contribution in [0.5, 0.6) is 0 Å². The van der Waals surface area contributed by atoms with E-state index in [0.29, 0.717) is 32.0 Å². The summed E-state index contributed by atoms with van der Waals surface area (Å²) in [7, 11) is 0. The number of hydrogen-bond donors (Lipinski definition) is 2. The van der Waals surface area contributed by atoms with Gasteiger partial charge in [0.1, 0.15) is 0 Å². The zero-order chi connectivity index (χ0) is 17.8. The van der Waals surface area contributed by atoms with Crippen LogP contribution in [0.4, 0.5) is 10.5 Å². The number of ether oxygens (including phenoxy) is 1. The van der Waals surface area contributed by atoms with Gasteiger partial charge in [-0.2, -0.15) is 5.10 Å². The molecule has 1 aliphatic rings. The van der Waals surface area contributed by atoms with Crippen LogP contribution < -0.4 is 5.32 Å². The van der Waals surface area contributed by atoms with Gasteiger partial charge in [0.05, 0.1) is 30.3 Å². The van der Waals surface area contributed by atoms with E-state index in [1.165, 1.54) is 0 Å². The molecule has 2 N–H and O–H groups in total. The van der Waals surface area contributed by atoms with Crippen molar-refractivity contribution in [3.05, 3.63) is 41.7 Å². The lowest BCUT2D eigenvalue weighted by atomic mass is 10.1. The first-order chi connectivity index (χ1) is 12.1. The van der Waals surface area contributed by atoms with Gasteiger partial charge in [-0.25, -0.2) is 9.48 Å². The molecule has 0 unspecified atom stereocenters. The van der Waals surface area contributed by atoms with Gasteiger partial charge in [-0.15, -0.1) is 0 Å². The number of para-hydroxylation sites is 2. The maximum atomic E-state index is 12.7. The third-order valence-electron chi connectivity index (χ3n) is 4.27. The van der Waals surface area contributed by atoms with E-state index < -0.39 is 0 Å². The second kappa shape index (κ2) is 7.67. The molecular weight excluding hydrogens is 320 g/mol. The fourth-order valence-corrected chi connectivity index (χ4v) is 3.01. The summed E-state index contributed by atoms with van der Waals surface area (Å²) in [6.07, 6.45) is 0. The van der Waals surface area contributed by atoms with Crippen LogP contribution in [0.2, 0.25) is 0 Å². The van der Waals surface area contributed by atoms with E-state index in [4.69, 9.17) is 4.74 Å². The van der Waals surface area contributed by atoms with Crippen molar-refractivity contribution in [2.45, 2.75) is 13.8 Å². The minimum Gasteiger partial charge on any atom is -0.396 e. The Morgan fingerprint density at radius 2 is 2.20 bits per heavy atom. The Balaban J connectivity index is 1.81. The standard InChI is InChI=1S/C18H24N4O3/c1-13-9-14(2)22(20-13)17-6-4-3-5-16(17)19-18(24)21-7-8-25-12-15(10-21)11-23/h3-6,9,15,23H,7-8,10-12H2,1-2H3,(H,19,24)/t15-/m1/s1. The van der Waals surface area contributed by atoms with Gasteiger partial charge >= 0.3 is 6.03 Å². The second-order valence-corrected chi connectivity index (χ2v) is 6.36. The molecule has 1 aromatic heterocycles. The largest absolute Gasteiger partial charge is 0.396 e. The van der Waals surface area contributed by atoms with Crippen molar-refractivity contribution in [2.24, 2.45) is 5.92 Å². The maximum absolute atomic E-state index is 12.7. The Morgan fingerprint density at radius 3 is 2.92 bits per heavy atom. The molecule has 1 saturated heterocycles. The highest BCUT2D eigenvalue weighted by Crippen LogP contribution is 2.22. The molecule has 1 aromatic carbocycles. The van der Waals surface area contributed by atoms with Crippen LogP contribution in [-0.4, -0.2) is 58.7 Å². The summed E-state index contributed by atoms with van der Waals surface area (Å²) >= 11 is 0. The van der Waals surface area contributed by atoms with Crippen LogP contribution in [0.1, 0.15) is 11.4 Å². The lowest BCUT2D eigenvalue weighted by Gasteiger charge is -2.23. The number of aliphatic hydroxyl groups excluding tert-OH is 1. The normalized spacial score (nSPS) is 18.0. The fourth-order valence-electron chi connectivity index (χ4n) is 3.01. The average Bonchev–Trinajstić information content (AvgIpc) is 2.81. The Hall–Kier alpha value is -2.38. The summed E-state index contributed by atoms with van der Waals surface area (Å²) in [5.74, 6) is -0.0560. The fraction of sp³-hybridized carbons (Fsp3) is 0.444. The SMILES string of the molecule is Cc1cc(C)n(-c2ccccc2NC(=O)N2CCOC[C@@H](CO)C2)n1. The highest BCUT2D eigenvalue weighted by atomic mass is 16.5. The van der Waals surface area contributed by atoms with Gasteiger partial charge in [0, 0.05) is 31.3 Å². The zero-order valence-corrected chi connectivity index (χ0v) is 14.6. The van der Waals surface area contributed by atoms with Gasteiger partial charge in [-0.05, 0) is 32.0 Å². The number of carbonyl (C=O) groups excluding carboxylic acids is 1. The number of amides is 2. The van der Waals surface area contributed by atoms with Crippen LogP contribution in [0.15, 0.2) is 30.3 Å². The molecule has 3 rings (SSSR count). The van der Waals surface area contributed by atoms with Crippen LogP contribution in [-0.2, 0) is 4.74 Å². The molecule has 1 fully saturated rings. The molecule has 25 heavy (non-hydrogen) atoms. The van der Waals surface area contributed by atoms with Gasteiger partial charge in [0.15, 0.2) is 0 Å². The number of aliphatic hydroxyl groups is 1. The average molecular weight is 344 g/mol. The summed E-state index contributed by atoms with van der Waals surface area (Å²) in [5.41, 5.74) is 3.45. The van der Waals surface area contributed by atoms with E-state index in [1.807, 2.05) is 48.9 Å². The molecule has 2 amide bonds. The number of nitrogens with zero attached hydrogens (tertiary/aromatic N) is 3. The molecular formula is C18H24N4O3. The number of nitrogens with one attached hydrogen (secondary N) is 1. The molecule has 2 aromatic rings. The number of benzene rings is 1. The quantitative estimate of drug-likeness (QED) is 0.892. The smallest absolute Gasteiger partial charge is 0.321 e. The van der Waals surface area contributed by atoms with E-state index in [-0.39, 0.29) is 18.6 Å². The lowest BCUT2D eigenvalue weighted by Crippen LogP contribution is -2.39. The van der Waals surface area contributed by atoms with Crippen molar-refractivity contribution >= 4 is 11.7 Å². The predicted octanol–water partition coefficient (Wildman–Crippen LogP) is 1.96. The van der Waals surface area contributed by atoms with Crippen LogP contribution >= 0.6 is 0 Å². The summed E-state index contributed by atoms with van der Waals surface area (Å²) in [4.78, 5) is 14.4. The van der Waals surface area contributed by atoms with E-state index >= 15 is 0 Å². The molecule has 0 radical (unpaired) electrons. The number of aryl methyl sites for hydroxylation is 2. The third-order valence-corrected chi connectivity index (χ3v) is 4.27. The van der Waals surface area contributed by atoms with Crippen molar-refractivity contribution in [1.82, 2.24) is 14.7 Å². The first-order valence-electron chi connectivity index (χ1n) is 8.45. The molecule has 1 aliphatic heterocycles. The lowest BCUT2D eigenvalue weighted by molar-refractivity contribution is 0.0958. The van der Waals surface area contributed by atoms with Crippen molar-refractivity contribution in [3.8, 4) is 5.69 Å². The molecule has 0 aliphatic carbocycles. The first-order valence-corrected chi connectivity index (χ1v) is 8.45. The van der Waals surface area contributed by atoms with Crippen LogP contribution in [0.25, 0.3) is 5.69 Å². The van der Waals surface area contributed by atoms with Crippen molar-refractivity contribution in [2.75, 3.05) is 38.2 Å². The van der Waals surface area contributed by atoms with Crippen LogP contribution in [0, 0.1) is 19.8 Å². The molecule has 134 valence electrons. The van der Waals surface area contributed by atoms with E-state index in [2.05, 4.69) is 10.4 Å². The zero-order valence-electron chi connectivity index (χ0n) is 14.6. The number of anilines is 1. The van der Waals surface area contributed by atoms with Crippen molar-refractivity contribution in [3.63, 3.8) is 0 Å². The Morgan fingerprint density at radius 1 is 1.40 bits per heavy atom. The highest BCUT2D eigenvalue weighted by Gasteiger charge is 2.23. The molecule has 2 heterocycles. The summed E-state index contributed by atoms with van der Waals surface area (Å²) in [6.45, 7) is 5.86. The monoisotopic (exact) mass is 344 g/mol. The van der Waals surface area contributed by atoms with E-state index in [1.54, 1.807) is 4.90 Å². The number of rotatable bonds is 3. The molecule has 0 saturated carbocycles. The number of aromatic nitrogens is 2. The van der Waals surface area contributed by atoms with Gasteiger partial charge in [0.2, 0.25) is 0 Å². The van der Waals surface area contributed by atoms with Crippen LogP contribution in [0.3, 0.4) is 0 Å². The number of carbonyl (C=O) groups is 1. The Bertz CT molecular complexity index is 744. The van der Waals surface area contributed by atoms with E-state index in [9.17, 15) is 9.90 Å². The second-order valence-electron chi connectivity index (χ2n) is 6.36. The van der Waals surface area contributed by atoms with Gasteiger partial charge in [-0.1, -0.05) is 12.1 Å². The molecule has 7 heteroatoms. The minimum atomic E-state index is -0.196. The van der Waals surface area contributed by atoms with Gasteiger partial charge in [0.25, 0.3) is 0 Å². The molecule has 0 spiro atoms. The molecule has 1 atom stereocenters. The summed E-state index contributed by atoms with van der Waals surface area (Å²) < 4.78 is 7.27. The van der Waals surface area contributed by atoms with Gasteiger partial charge in [-0.3, -0.25) is 0 Å². The van der Waals surface area contributed by atoms with Gasteiger partial charge < -0.3 is 20.1 Å². The predicted molar refractivity (Wildman–Crippen MR) is 95.0 cm³/mol. The number of urea groups is 1. The number of hydrogen-bond acceptors (Lipinski definition) is 4. The summed E-state index contributed by atoms with van der Waals surface area (Å²) in [6, 6.07) is 9.39. The maximum Gasteiger partial charge on any atom is 0.321 e. The van der Waals surface area contributed by atoms with Crippen molar-refractivity contribution in [1.29, 1.82) is 0 Å². The Labute approximate surface area is 147 Å². The summed E-state index contributed by atoms with van der Waals surface area (Å²) in [5, 5.41) is 16.9. The first kappa shape index (κ1) is 17.4. The van der Waals surface area contributed by atoms with E-state index in [0.717, 1.165) is 17.1 Å². The van der Waals surface area contributed by atoms with Crippen molar-refractivity contribution < 1.29 is 14.6 Å². The highest BCUT2D eigenvalue weighted by molar-refractivity contribution is 5.91. The molecule has 7 nitrogen and oxygen atoms in total.